The van der Waals surface area contributed by atoms with Crippen LogP contribution in [0.4, 0.5) is 5.82 Å². The largest absolute Gasteiger partial charge is 0.325 e. The SMILES string of the molecule is C=C1Cc2c(ncnc2C(C)(C)C)N1C(C)(C)C. The molecule has 3 heteroatoms. The second kappa shape index (κ2) is 3.81. The van der Waals surface area contributed by atoms with Gasteiger partial charge in [0, 0.05) is 28.6 Å². The summed E-state index contributed by atoms with van der Waals surface area (Å²) in [4.78, 5) is 11.2. The zero-order valence-corrected chi connectivity index (χ0v) is 12.3. The number of fused-ring (bicyclic) bond motifs is 1. The van der Waals surface area contributed by atoms with E-state index in [1.165, 1.54) is 5.56 Å². The van der Waals surface area contributed by atoms with Gasteiger partial charge in [0.05, 0.1) is 5.69 Å². The van der Waals surface area contributed by atoms with Crippen LogP contribution in [0.15, 0.2) is 18.6 Å². The van der Waals surface area contributed by atoms with E-state index in [0.717, 1.165) is 23.6 Å². The molecule has 0 amide bonds. The number of hydrogen-bond acceptors (Lipinski definition) is 3. The van der Waals surface area contributed by atoms with Gasteiger partial charge in [-0.25, -0.2) is 9.97 Å². The summed E-state index contributed by atoms with van der Waals surface area (Å²) in [6.07, 6.45) is 2.54. The van der Waals surface area contributed by atoms with Crippen molar-refractivity contribution < 1.29 is 0 Å². The first-order valence-electron chi connectivity index (χ1n) is 6.45. The summed E-state index contributed by atoms with van der Waals surface area (Å²) in [5.41, 5.74) is 3.54. The molecule has 0 unspecified atom stereocenters. The van der Waals surface area contributed by atoms with Crippen molar-refractivity contribution in [3.8, 4) is 0 Å². The first-order valence-corrected chi connectivity index (χ1v) is 6.45. The molecule has 18 heavy (non-hydrogen) atoms. The Labute approximate surface area is 110 Å². The number of aromatic nitrogens is 2. The van der Waals surface area contributed by atoms with Crippen LogP contribution in [-0.4, -0.2) is 15.5 Å². The Balaban J connectivity index is 2.60. The van der Waals surface area contributed by atoms with Gasteiger partial charge in [0.1, 0.15) is 12.1 Å². The molecule has 0 radical (unpaired) electrons. The minimum atomic E-state index is 0.00579. The average molecular weight is 245 g/mol. The lowest BCUT2D eigenvalue weighted by Crippen LogP contribution is -2.39. The normalized spacial score (nSPS) is 16.1. The third-order valence-corrected chi connectivity index (χ3v) is 3.21. The van der Waals surface area contributed by atoms with E-state index in [1.54, 1.807) is 6.33 Å². The van der Waals surface area contributed by atoms with Gasteiger partial charge in [-0.2, -0.15) is 0 Å². The van der Waals surface area contributed by atoms with Crippen molar-refractivity contribution in [1.82, 2.24) is 9.97 Å². The fraction of sp³-hybridized carbons (Fsp3) is 0.600. The lowest BCUT2D eigenvalue weighted by Gasteiger charge is -2.34. The second-order valence-electron chi connectivity index (χ2n) is 7.02. The zero-order valence-electron chi connectivity index (χ0n) is 12.3. The quantitative estimate of drug-likeness (QED) is 0.701. The van der Waals surface area contributed by atoms with Crippen LogP contribution in [0, 0.1) is 0 Å². The summed E-state index contributed by atoms with van der Waals surface area (Å²) in [6.45, 7) is 17.3. The molecule has 0 spiro atoms. The van der Waals surface area contributed by atoms with Crippen molar-refractivity contribution in [3.63, 3.8) is 0 Å². The monoisotopic (exact) mass is 245 g/mol. The van der Waals surface area contributed by atoms with E-state index >= 15 is 0 Å². The summed E-state index contributed by atoms with van der Waals surface area (Å²) in [5, 5.41) is 0. The Morgan fingerprint density at radius 2 is 1.72 bits per heavy atom. The van der Waals surface area contributed by atoms with Crippen molar-refractivity contribution in [1.29, 1.82) is 0 Å². The highest BCUT2D eigenvalue weighted by atomic mass is 15.3. The number of rotatable bonds is 0. The van der Waals surface area contributed by atoms with E-state index in [1.807, 2.05) is 0 Å². The number of nitrogens with zero attached hydrogens (tertiary/aromatic N) is 3. The molecule has 0 atom stereocenters. The molecule has 0 N–H and O–H groups in total. The average Bonchev–Trinajstić information content (AvgIpc) is 2.50. The van der Waals surface area contributed by atoms with Crippen LogP contribution < -0.4 is 4.90 Å². The summed E-state index contributed by atoms with van der Waals surface area (Å²) in [5.74, 6) is 1.03. The molecule has 2 rings (SSSR count). The highest BCUT2D eigenvalue weighted by Gasteiger charge is 2.36. The molecule has 0 saturated carbocycles. The van der Waals surface area contributed by atoms with Crippen LogP contribution in [0.5, 0.6) is 0 Å². The number of allylic oxidation sites excluding steroid dienone is 1. The number of hydrogen-bond donors (Lipinski definition) is 0. The zero-order chi connectivity index (χ0) is 13.7. The second-order valence-corrected chi connectivity index (χ2v) is 7.02. The maximum Gasteiger partial charge on any atom is 0.140 e. The Kier molecular flexibility index (Phi) is 2.76. The van der Waals surface area contributed by atoms with E-state index in [-0.39, 0.29) is 11.0 Å². The van der Waals surface area contributed by atoms with Gasteiger partial charge in [-0.3, -0.25) is 0 Å². The van der Waals surface area contributed by atoms with E-state index in [0.29, 0.717) is 0 Å². The van der Waals surface area contributed by atoms with E-state index in [2.05, 4.69) is 63.0 Å². The molecule has 0 fully saturated rings. The summed E-state index contributed by atoms with van der Waals surface area (Å²) in [7, 11) is 0. The van der Waals surface area contributed by atoms with Gasteiger partial charge in [0.2, 0.25) is 0 Å². The van der Waals surface area contributed by atoms with Crippen molar-refractivity contribution in [3.05, 3.63) is 29.9 Å². The smallest absolute Gasteiger partial charge is 0.140 e. The summed E-state index contributed by atoms with van der Waals surface area (Å²) >= 11 is 0. The van der Waals surface area contributed by atoms with Crippen LogP contribution in [-0.2, 0) is 11.8 Å². The van der Waals surface area contributed by atoms with E-state index in [9.17, 15) is 0 Å². The van der Waals surface area contributed by atoms with Crippen LogP contribution in [0.1, 0.15) is 52.8 Å². The Morgan fingerprint density at radius 3 is 2.22 bits per heavy atom. The van der Waals surface area contributed by atoms with Gasteiger partial charge in [0.25, 0.3) is 0 Å². The van der Waals surface area contributed by atoms with Crippen molar-refractivity contribution >= 4 is 5.82 Å². The molecule has 1 aromatic rings. The lowest BCUT2D eigenvalue weighted by atomic mass is 9.88. The van der Waals surface area contributed by atoms with Crippen LogP contribution in [0.2, 0.25) is 0 Å². The highest BCUT2D eigenvalue weighted by molar-refractivity contribution is 5.63. The fourth-order valence-electron chi connectivity index (χ4n) is 2.63. The van der Waals surface area contributed by atoms with Crippen molar-refractivity contribution in [2.24, 2.45) is 0 Å². The first kappa shape index (κ1) is 13.1. The van der Waals surface area contributed by atoms with Gasteiger partial charge in [-0.15, -0.1) is 0 Å². The highest BCUT2D eigenvalue weighted by Crippen LogP contribution is 2.40. The van der Waals surface area contributed by atoms with Gasteiger partial charge in [0.15, 0.2) is 0 Å². The van der Waals surface area contributed by atoms with Gasteiger partial charge >= 0.3 is 0 Å². The molecule has 1 aliphatic rings. The minimum Gasteiger partial charge on any atom is -0.325 e. The molecule has 3 nitrogen and oxygen atoms in total. The molecule has 0 aliphatic carbocycles. The maximum absolute atomic E-state index is 4.49. The van der Waals surface area contributed by atoms with Gasteiger partial charge in [-0.1, -0.05) is 27.4 Å². The van der Waals surface area contributed by atoms with Crippen molar-refractivity contribution in [2.45, 2.75) is 58.9 Å². The van der Waals surface area contributed by atoms with Crippen molar-refractivity contribution in [2.75, 3.05) is 4.90 Å². The Bertz CT molecular complexity index is 489. The summed E-state index contributed by atoms with van der Waals surface area (Å²) < 4.78 is 0. The third kappa shape index (κ3) is 2.02. The predicted molar refractivity (Wildman–Crippen MR) is 75.8 cm³/mol. The fourth-order valence-corrected chi connectivity index (χ4v) is 2.63. The molecular formula is C15H23N3. The van der Waals surface area contributed by atoms with E-state index in [4.69, 9.17) is 0 Å². The standard InChI is InChI=1S/C15H23N3/c1-10-8-11-12(14(2,3)4)16-9-17-13(11)18(10)15(5,6)7/h9H,1,8H2,2-7H3. The van der Waals surface area contributed by atoms with E-state index < -0.39 is 0 Å². The minimum absolute atomic E-state index is 0.00579. The third-order valence-electron chi connectivity index (χ3n) is 3.21. The summed E-state index contributed by atoms with van der Waals surface area (Å²) in [6, 6.07) is 0. The Morgan fingerprint density at radius 1 is 1.11 bits per heavy atom. The Hall–Kier alpha value is -1.38. The van der Waals surface area contributed by atoms with Gasteiger partial charge < -0.3 is 4.90 Å². The first-order chi connectivity index (χ1) is 8.12. The molecule has 2 heterocycles. The van der Waals surface area contributed by atoms with Crippen LogP contribution in [0.25, 0.3) is 0 Å². The molecule has 0 aromatic carbocycles. The molecular weight excluding hydrogens is 222 g/mol. The molecule has 1 aliphatic heterocycles. The van der Waals surface area contributed by atoms with Crippen LogP contribution in [0.3, 0.4) is 0 Å². The number of anilines is 1. The maximum atomic E-state index is 4.49. The lowest BCUT2D eigenvalue weighted by molar-refractivity contribution is 0.540. The molecule has 0 saturated heterocycles. The predicted octanol–water partition coefficient (Wildman–Crippen LogP) is 3.45. The topological polar surface area (TPSA) is 29.0 Å². The molecule has 0 bridgehead atoms. The van der Waals surface area contributed by atoms with Crippen LogP contribution >= 0.6 is 0 Å². The molecule has 1 aromatic heterocycles. The van der Waals surface area contributed by atoms with Gasteiger partial charge in [-0.05, 0) is 20.8 Å². The molecule has 98 valence electrons.